The van der Waals surface area contributed by atoms with Gasteiger partial charge in [-0.3, -0.25) is 4.79 Å². The van der Waals surface area contributed by atoms with Crippen LogP contribution in [0.1, 0.15) is 23.2 Å². The Balaban J connectivity index is 1.39. The summed E-state index contributed by atoms with van der Waals surface area (Å²) in [6.45, 7) is 1.04. The topological polar surface area (TPSA) is 88.5 Å². The molecule has 0 spiro atoms. The lowest BCUT2D eigenvalue weighted by Crippen LogP contribution is -2.47. The van der Waals surface area contributed by atoms with Gasteiger partial charge in [0.05, 0.1) is 5.69 Å². The molecule has 1 atom stereocenters. The van der Waals surface area contributed by atoms with Gasteiger partial charge < -0.3 is 15.2 Å². The molecule has 172 valence electrons. The van der Waals surface area contributed by atoms with E-state index in [0.29, 0.717) is 31.6 Å². The molecular weight excluding hydrogens is 448 g/mol. The third-order valence-electron chi connectivity index (χ3n) is 6.21. The molecule has 2 N–H and O–H groups in total. The van der Waals surface area contributed by atoms with Crippen LogP contribution in [0, 0.1) is 5.92 Å². The van der Waals surface area contributed by atoms with Crippen molar-refractivity contribution >= 4 is 34.0 Å². The smallest absolute Gasteiger partial charge is 0.326 e. The van der Waals surface area contributed by atoms with E-state index < -0.39 is 12.0 Å². The Morgan fingerprint density at radius 2 is 1.74 bits per heavy atom. The molecule has 1 unspecified atom stereocenters. The van der Waals surface area contributed by atoms with Crippen molar-refractivity contribution in [1.29, 1.82) is 0 Å². The van der Waals surface area contributed by atoms with Crippen molar-refractivity contribution in [3.05, 3.63) is 77.7 Å². The molecule has 7 heteroatoms. The van der Waals surface area contributed by atoms with Crippen molar-refractivity contribution < 1.29 is 19.4 Å². The van der Waals surface area contributed by atoms with Crippen molar-refractivity contribution in [3.63, 3.8) is 0 Å². The number of rotatable bonds is 6. The Kier molecular flexibility index (Phi) is 6.38. The fourth-order valence-electron chi connectivity index (χ4n) is 4.32. The van der Waals surface area contributed by atoms with Crippen LogP contribution < -0.4 is 5.32 Å². The minimum absolute atomic E-state index is 0.133. The molecule has 0 aliphatic carbocycles. The number of carboxylic acids is 1. The fraction of sp³-hybridized carbons (Fsp3) is 0.222. The number of benzene rings is 3. The van der Waals surface area contributed by atoms with Gasteiger partial charge in [0.25, 0.3) is 5.91 Å². The van der Waals surface area contributed by atoms with E-state index in [0.717, 1.165) is 32.6 Å². The van der Waals surface area contributed by atoms with Crippen LogP contribution in [0.3, 0.4) is 0 Å². The molecule has 0 radical (unpaired) electrons. The Labute approximate surface area is 201 Å². The van der Waals surface area contributed by atoms with Crippen molar-refractivity contribution in [1.82, 2.24) is 10.3 Å². The molecule has 4 aromatic rings. The van der Waals surface area contributed by atoms with Gasteiger partial charge in [-0.05, 0) is 47.7 Å². The molecule has 2 heterocycles. The number of nitrogens with zero attached hydrogens (tertiary/aromatic N) is 1. The molecule has 1 aromatic heterocycles. The normalized spacial score (nSPS) is 15.2. The number of carboxylic acid groups (broad SMARTS) is 1. The Morgan fingerprint density at radius 1 is 0.971 bits per heavy atom. The molecule has 0 bridgehead atoms. The van der Waals surface area contributed by atoms with Gasteiger partial charge in [-0.2, -0.15) is 0 Å². The van der Waals surface area contributed by atoms with E-state index in [-0.39, 0.29) is 11.8 Å². The number of hydrogen-bond acceptors (Lipinski definition) is 5. The van der Waals surface area contributed by atoms with Crippen molar-refractivity contribution in [2.24, 2.45) is 5.92 Å². The number of hydrogen-bond donors (Lipinski definition) is 2. The summed E-state index contributed by atoms with van der Waals surface area (Å²) in [4.78, 5) is 29.6. The lowest BCUT2D eigenvalue weighted by Gasteiger charge is -2.28. The number of thiazole rings is 1. The zero-order valence-corrected chi connectivity index (χ0v) is 19.3. The molecule has 34 heavy (non-hydrogen) atoms. The zero-order chi connectivity index (χ0) is 23.5. The largest absolute Gasteiger partial charge is 0.480 e. The van der Waals surface area contributed by atoms with Crippen LogP contribution in [0.15, 0.2) is 72.1 Å². The minimum Gasteiger partial charge on any atom is -0.480 e. The summed E-state index contributed by atoms with van der Waals surface area (Å²) in [7, 11) is 0. The van der Waals surface area contributed by atoms with Gasteiger partial charge in [-0.15, -0.1) is 11.3 Å². The number of amides is 1. The maximum atomic E-state index is 12.9. The maximum Gasteiger partial charge on any atom is 0.326 e. The predicted octanol–water partition coefficient (Wildman–Crippen LogP) is 5.24. The lowest BCUT2D eigenvalue weighted by molar-refractivity contribution is -0.141. The maximum absolute atomic E-state index is 12.9. The molecule has 6 nitrogen and oxygen atoms in total. The summed E-state index contributed by atoms with van der Waals surface area (Å²) in [6, 6.07) is 20.6. The van der Waals surface area contributed by atoms with Crippen molar-refractivity contribution in [2.45, 2.75) is 18.9 Å². The zero-order valence-electron chi connectivity index (χ0n) is 18.4. The van der Waals surface area contributed by atoms with Gasteiger partial charge in [0.15, 0.2) is 0 Å². The molecule has 5 rings (SSSR count). The second-order valence-corrected chi connectivity index (χ2v) is 9.28. The SMILES string of the molecule is O=C(NC(C(=O)O)C1CCOCC1)c1ccc2ccc(-c3nc(-c4ccccc4)cs3)cc2c1. The molecule has 1 saturated heterocycles. The molecular formula is C27H24N2O4S. The standard InChI is InChI=1S/C27H24N2O4S/c30-25(29-24(27(31)32)19-10-12-33-13-11-19)20-8-6-17-7-9-21(15-22(17)14-20)26-28-23(16-34-26)18-4-2-1-3-5-18/h1-9,14-16,19,24H,10-13H2,(H,29,30)(H,31,32). The first kappa shape index (κ1) is 22.3. The van der Waals surface area contributed by atoms with E-state index in [1.807, 2.05) is 66.0 Å². The van der Waals surface area contributed by atoms with Crippen LogP contribution in [0.25, 0.3) is 32.6 Å². The third kappa shape index (κ3) is 4.71. The number of fused-ring (bicyclic) bond motifs is 1. The molecule has 3 aromatic carbocycles. The fourth-order valence-corrected chi connectivity index (χ4v) is 5.15. The van der Waals surface area contributed by atoms with E-state index in [9.17, 15) is 14.7 Å². The summed E-state index contributed by atoms with van der Waals surface area (Å²) in [5.74, 6) is -1.53. The number of carbonyl (C=O) groups excluding carboxylic acids is 1. The van der Waals surface area contributed by atoms with Crippen LogP contribution in [0.5, 0.6) is 0 Å². The highest BCUT2D eigenvalue weighted by Gasteiger charge is 2.31. The third-order valence-corrected chi connectivity index (χ3v) is 7.10. The van der Waals surface area contributed by atoms with Crippen molar-refractivity contribution in [2.75, 3.05) is 13.2 Å². The van der Waals surface area contributed by atoms with E-state index in [1.54, 1.807) is 17.4 Å². The van der Waals surface area contributed by atoms with Crippen LogP contribution in [-0.2, 0) is 9.53 Å². The van der Waals surface area contributed by atoms with Crippen molar-refractivity contribution in [3.8, 4) is 21.8 Å². The molecule has 0 saturated carbocycles. The number of ether oxygens (including phenoxy) is 1. The van der Waals surface area contributed by atoms with Gasteiger partial charge in [0.1, 0.15) is 11.0 Å². The molecule has 1 aliphatic rings. The number of nitrogens with one attached hydrogen (secondary N) is 1. The van der Waals surface area contributed by atoms with Crippen LogP contribution >= 0.6 is 11.3 Å². The van der Waals surface area contributed by atoms with E-state index in [1.165, 1.54) is 0 Å². The van der Waals surface area contributed by atoms with Gasteiger partial charge in [0, 0.05) is 35.3 Å². The first-order chi connectivity index (χ1) is 16.6. The summed E-state index contributed by atoms with van der Waals surface area (Å²) in [5.41, 5.74) is 3.42. The summed E-state index contributed by atoms with van der Waals surface area (Å²) < 4.78 is 5.33. The first-order valence-corrected chi connectivity index (χ1v) is 12.1. The Bertz CT molecular complexity index is 1330. The van der Waals surface area contributed by atoms with E-state index >= 15 is 0 Å². The van der Waals surface area contributed by atoms with Gasteiger partial charge in [0.2, 0.25) is 0 Å². The summed E-state index contributed by atoms with van der Waals surface area (Å²) in [6.07, 6.45) is 1.24. The molecule has 1 aliphatic heterocycles. The monoisotopic (exact) mass is 472 g/mol. The quantitative estimate of drug-likeness (QED) is 0.401. The highest BCUT2D eigenvalue weighted by atomic mass is 32.1. The van der Waals surface area contributed by atoms with Crippen LogP contribution in [0.2, 0.25) is 0 Å². The number of aromatic nitrogens is 1. The van der Waals surface area contributed by atoms with Crippen LogP contribution in [-0.4, -0.2) is 41.2 Å². The van der Waals surface area contributed by atoms with Gasteiger partial charge >= 0.3 is 5.97 Å². The van der Waals surface area contributed by atoms with E-state index in [2.05, 4.69) is 5.32 Å². The second kappa shape index (κ2) is 9.75. The highest BCUT2D eigenvalue weighted by Crippen LogP contribution is 2.31. The molecule has 1 fully saturated rings. The highest BCUT2D eigenvalue weighted by molar-refractivity contribution is 7.13. The first-order valence-electron chi connectivity index (χ1n) is 11.2. The second-order valence-electron chi connectivity index (χ2n) is 8.42. The Morgan fingerprint density at radius 3 is 2.50 bits per heavy atom. The number of aliphatic carboxylic acids is 1. The number of carbonyl (C=O) groups is 2. The predicted molar refractivity (Wildman–Crippen MR) is 133 cm³/mol. The van der Waals surface area contributed by atoms with Crippen LogP contribution in [0.4, 0.5) is 0 Å². The van der Waals surface area contributed by atoms with E-state index in [4.69, 9.17) is 9.72 Å². The van der Waals surface area contributed by atoms with Gasteiger partial charge in [-0.25, -0.2) is 9.78 Å². The molecule has 1 amide bonds. The average Bonchev–Trinajstić information content (AvgIpc) is 3.38. The lowest BCUT2D eigenvalue weighted by atomic mass is 9.91. The summed E-state index contributed by atoms with van der Waals surface area (Å²) in [5, 5.41) is 17.3. The minimum atomic E-state index is -1.01. The summed E-state index contributed by atoms with van der Waals surface area (Å²) >= 11 is 1.58. The van der Waals surface area contributed by atoms with Gasteiger partial charge in [-0.1, -0.05) is 48.5 Å². The average molecular weight is 473 g/mol. The Hall–Kier alpha value is -3.55.